The van der Waals surface area contributed by atoms with Gasteiger partial charge in [0.2, 0.25) is 0 Å². The van der Waals surface area contributed by atoms with Crippen LogP contribution in [0, 0.1) is 0 Å². The predicted octanol–water partition coefficient (Wildman–Crippen LogP) is 4.18. The first-order valence-electron chi connectivity index (χ1n) is 7.82. The molecular weight excluding hydrogens is 276 g/mol. The summed E-state index contributed by atoms with van der Waals surface area (Å²) in [5.41, 5.74) is 5.88. The van der Waals surface area contributed by atoms with Gasteiger partial charge in [0.25, 0.3) is 0 Å². The molecule has 1 aliphatic heterocycles. The highest BCUT2D eigenvalue weighted by Gasteiger charge is 2.36. The number of thioether (sulfide) groups is 1. The molecule has 0 unspecified atom stereocenters. The van der Waals surface area contributed by atoms with Crippen molar-refractivity contribution in [2.75, 3.05) is 19.3 Å². The Hall–Kier alpha value is -1.19. The van der Waals surface area contributed by atoms with Crippen LogP contribution in [0.25, 0.3) is 10.9 Å². The van der Waals surface area contributed by atoms with Crippen LogP contribution < -0.4 is 0 Å². The first-order chi connectivity index (χ1) is 10.2. The Labute approximate surface area is 130 Å². The lowest BCUT2D eigenvalue weighted by molar-refractivity contribution is 0.224. The summed E-state index contributed by atoms with van der Waals surface area (Å²) in [6.07, 6.45) is 3.67. The Kier molecular flexibility index (Phi) is 3.16. The number of aromatic amines is 1. The largest absolute Gasteiger partial charge is 0.349 e. The Balaban J connectivity index is 1.95. The molecule has 2 aliphatic rings. The second-order valence-corrected chi connectivity index (χ2v) is 7.64. The number of benzene rings is 1. The van der Waals surface area contributed by atoms with Crippen LogP contribution in [0.2, 0.25) is 0 Å². The Morgan fingerprint density at radius 2 is 2.24 bits per heavy atom. The zero-order valence-electron chi connectivity index (χ0n) is 12.9. The lowest BCUT2D eigenvalue weighted by Gasteiger charge is -2.41. The molecule has 0 fully saturated rings. The molecule has 1 aromatic heterocycles. The standard InChI is InChI=1S/C18H22N2S/c1-4-21-18-14-9-16-13(8-11(2)10-20(16)3)12-6-5-7-15(19-18)17(12)14/h5-8,13,16,19H,4,9-10H2,1-3H3/t13-,16-/m1/s1. The van der Waals surface area contributed by atoms with Crippen molar-refractivity contribution >= 4 is 22.7 Å². The van der Waals surface area contributed by atoms with Gasteiger partial charge in [-0.1, -0.05) is 30.7 Å². The van der Waals surface area contributed by atoms with Gasteiger partial charge in [0, 0.05) is 29.4 Å². The fourth-order valence-corrected chi connectivity index (χ4v) is 4.94. The maximum atomic E-state index is 3.66. The van der Waals surface area contributed by atoms with E-state index in [0.29, 0.717) is 12.0 Å². The minimum atomic E-state index is 0.551. The normalized spacial score (nSPS) is 25.0. The number of H-pyrrole nitrogens is 1. The van der Waals surface area contributed by atoms with Gasteiger partial charge in [-0.25, -0.2) is 0 Å². The van der Waals surface area contributed by atoms with Crippen molar-refractivity contribution in [3.05, 3.63) is 41.0 Å². The van der Waals surface area contributed by atoms with Gasteiger partial charge in [0.15, 0.2) is 0 Å². The SMILES string of the molecule is CCSc1[nH]c2cccc3c2c1C[C@@H]1[C@@H]3C=C(C)CN1C. The van der Waals surface area contributed by atoms with E-state index in [1.165, 1.54) is 33.5 Å². The van der Waals surface area contributed by atoms with Crippen molar-refractivity contribution in [2.24, 2.45) is 0 Å². The summed E-state index contributed by atoms with van der Waals surface area (Å²) in [6.45, 7) is 5.60. The molecule has 0 amide bonds. The number of hydrogen-bond acceptors (Lipinski definition) is 2. The molecule has 2 atom stereocenters. The summed E-state index contributed by atoms with van der Waals surface area (Å²) < 4.78 is 0. The molecule has 1 aromatic carbocycles. The number of hydrogen-bond donors (Lipinski definition) is 1. The first-order valence-corrected chi connectivity index (χ1v) is 8.81. The van der Waals surface area contributed by atoms with Crippen LogP contribution >= 0.6 is 11.8 Å². The number of rotatable bonds is 2. The van der Waals surface area contributed by atoms with E-state index in [9.17, 15) is 0 Å². The summed E-state index contributed by atoms with van der Waals surface area (Å²) in [5, 5.41) is 2.88. The molecule has 0 spiro atoms. The molecule has 4 rings (SSSR count). The molecule has 1 aliphatic carbocycles. The minimum absolute atomic E-state index is 0.551. The highest BCUT2D eigenvalue weighted by atomic mass is 32.2. The Morgan fingerprint density at radius 3 is 3.05 bits per heavy atom. The van der Waals surface area contributed by atoms with E-state index in [1.807, 2.05) is 11.8 Å². The maximum absolute atomic E-state index is 3.66. The highest BCUT2D eigenvalue weighted by Crippen LogP contribution is 2.44. The predicted molar refractivity (Wildman–Crippen MR) is 91.3 cm³/mol. The monoisotopic (exact) mass is 298 g/mol. The minimum Gasteiger partial charge on any atom is -0.349 e. The zero-order chi connectivity index (χ0) is 14.6. The van der Waals surface area contributed by atoms with Crippen LogP contribution in [-0.4, -0.2) is 35.3 Å². The first kappa shape index (κ1) is 13.5. The van der Waals surface area contributed by atoms with Crippen LogP contribution in [0.15, 0.2) is 34.9 Å². The third kappa shape index (κ3) is 1.98. The molecule has 0 radical (unpaired) electrons. The second-order valence-electron chi connectivity index (χ2n) is 6.36. The van der Waals surface area contributed by atoms with Gasteiger partial charge >= 0.3 is 0 Å². The fraction of sp³-hybridized carbons (Fsp3) is 0.444. The van der Waals surface area contributed by atoms with Crippen molar-refractivity contribution in [1.82, 2.24) is 9.88 Å². The van der Waals surface area contributed by atoms with E-state index in [4.69, 9.17) is 0 Å². The van der Waals surface area contributed by atoms with E-state index >= 15 is 0 Å². The average Bonchev–Trinajstić information content (AvgIpc) is 2.80. The highest BCUT2D eigenvalue weighted by molar-refractivity contribution is 7.99. The van der Waals surface area contributed by atoms with Crippen molar-refractivity contribution in [1.29, 1.82) is 0 Å². The van der Waals surface area contributed by atoms with Crippen molar-refractivity contribution < 1.29 is 0 Å². The van der Waals surface area contributed by atoms with E-state index < -0.39 is 0 Å². The summed E-state index contributed by atoms with van der Waals surface area (Å²) in [7, 11) is 2.28. The van der Waals surface area contributed by atoms with Gasteiger partial charge in [-0.05, 0) is 43.3 Å². The summed E-state index contributed by atoms with van der Waals surface area (Å²) in [5.74, 6) is 1.67. The summed E-state index contributed by atoms with van der Waals surface area (Å²) in [4.78, 5) is 6.19. The molecule has 1 N–H and O–H groups in total. The van der Waals surface area contributed by atoms with Gasteiger partial charge in [0.1, 0.15) is 0 Å². The molecule has 21 heavy (non-hydrogen) atoms. The molecular formula is C18H22N2S. The van der Waals surface area contributed by atoms with E-state index in [-0.39, 0.29) is 0 Å². The maximum Gasteiger partial charge on any atom is 0.0765 e. The van der Waals surface area contributed by atoms with Crippen molar-refractivity contribution in [2.45, 2.75) is 37.3 Å². The van der Waals surface area contributed by atoms with Gasteiger partial charge in [0.05, 0.1) is 5.03 Å². The Morgan fingerprint density at radius 1 is 1.38 bits per heavy atom. The fourth-order valence-electron chi connectivity index (χ4n) is 4.11. The van der Waals surface area contributed by atoms with Crippen molar-refractivity contribution in [3.8, 4) is 0 Å². The van der Waals surface area contributed by atoms with Crippen LogP contribution in [0.3, 0.4) is 0 Å². The lowest BCUT2D eigenvalue weighted by atomic mass is 9.77. The number of aromatic nitrogens is 1. The lowest BCUT2D eigenvalue weighted by Crippen LogP contribution is -2.43. The molecule has 3 heteroatoms. The number of nitrogens with zero attached hydrogens (tertiary/aromatic N) is 1. The number of fused-ring (bicyclic) bond motifs is 2. The number of nitrogens with one attached hydrogen (secondary N) is 1. The van der Waals surface area contributed by atoms with Crippen LogP contribution in [0.1, 0.15) is 30.9 Å². The van der Waals surface area contributed by atoms with Crippen LogP contribution in [0.5, 0.6) is 0 Å². The number of likely N-dealkylation sites (N-methyl/N-ethyl adjacent to an activating group) is 1. The third-order valence-electron chi connectivity index (χ3n) is 4.93. The van der Waals surface area contributed by atoms with Gasteiger partial charge in [-0.3, -0.25) is 4.90 Å². The second kappa shape index (κ2) is 4.92. The molecule has 2 aromatic rings. The van der Waals surface area contributed by atoms with E-state index in [1.54, 1.807) is 5.56 Å². The molecule has 0 saturated heterocycles. The molecule has 0 saturated carbocycles. The zero-order valence-corrected chi connectivity index (χ0v) is 13.8. The topological polar surface area (TPSA) is 19.0 Å². The van der Waals surface area contributed by atoms with Crippen molar-refractivity contribution in [3.63, 3.8) is 0 Å². The Bertz CT molecular complexity index is 728. The van der Waals surface area contributed by atoms with Gasteiger partial charge in [-0.15, -0.1) is 11.8 Å². The summed E-state index contributed by atoms with van der Waals surface area (Å²) in [6, 6.07) is 7.38. The van der Waals surface area contributed by atoms with Crippen LogP contribution in [-0.2, 0) is 6.42 Å². The molecule has 2 heterocycles. The average molecular weight is 298 g/mol. The van der Waals surface area contributed by atoms with E-state index in [2.05, 4.69) is 55.1 Å². The molecule has 0 bridgehead atoms. The summed E-state index contributed by atoms with van der Waals surface area (Å²) >= 11 is 1.95. The molecule has 110 valence electrons. The van der Waals surface area contributed by atoms with Gasteiger partial charge in [-0.2, -0.15) is 0 Å². The molecule has 2 nitrogen and oxygen atoms in total. The quantitative estimate of drug-likeness (QED) is 0.662. The van der Waals surface area contributed by atoms with E-state index in [0.717, 1.165) is 12.3 Å². The third-order valence-corrected chi connectivity index (χ3v) is 5.85. The smallest absolute Gasteiger partial charge is 0.0765 e. The van der Waals surface area contributed by atoms with Gasteiger partial charge < -0.3 is 4.98 Å². The van der Waals surface area contributed by atoms with Crippen LogP contribution in [0.4, 0.5) is 0 Å².